The number of aromatic hydroxyl groups is 2. The maximum absolute atomic E-state index is 13.6. The maximum atomic E-state index is 13.6. The third-order valence-corrected chi connectivity index (χ3v) is 7.61. The van der Waals surface area contributed by atoms with Crippen molar-refractivity contribution in [1.29, 1.82) is 0 Å². The molecule has 0 aromatic heterocycles. The average molecular weight is 585 g/mol. The van der Waals surface area contributed by atoms with Crippen LogP contribution >= 0.6 is 0 Å². The van der Waals surface area contributed by atoms with E-state index in [0.717, 1.165) is 11.1 Å². The molecule has 2 aromatic rings. The van der Waals surface area contributed by atoms with E-state index in [-0.39, 0.29) is 43.5 Å². The number of likely N-dealkylation sites (N-methyl/N-ethyl adjacent to an activating group) is 2. The molecule has 2 aromatic carbocycles. The fourth-order valence-electron chi connectivity index (χ4n) is 4.95. The van der Waals surface area contributed by atoms with Gasteiger partial charge in [-0.1, -0.05) is 12.1 Å². The standard InChI is InChI=1S/C30H44N6O6/c1-31-11-4-5-23-29(41)36-25(28(40)34-12-10-22(17-37)32-2)16-21-14-19(7-9-27(21)39)18-6-8-26(38)20(13-18)15-24(33-3)30(42)35-23/h6-9,13-14,22-25,31-33,37-39H,4-5,10-12,15-17H2,1-3H3,(H,34,40)(H,35,42)(H,36,41)/t22-,23-,24-,25-/m0/s1. The van der Waals surface area contributed by atoms with Gasteiger partial charge in [-0.15, -0.1) is 0 Å². The first-order chi connectivity index (χ1) is 20.2. The number of nitrogens with one attached hydrogen (secondary N) is 6. The van der Waals surface area contributed by atoms with Crippen LogP contribution in [-0.2, 0) is 27.2 Å². The molecule has 42 heavy (non-hydrogen) atoms. The number of hydrogen-bond acceptors (Lipinski definition) is 9. The van der Waals surface area contributed by atoms with Gasteiger partial charge in [-0.25, -0.2) is 0 Å². The van der Waals surface area contributed by atoms with E-state index in [1.165, 1.54) is 6.07 Å². The number of phenolic OH excluding ortho intramolecular Hbond substituents is 2. The predicted octanol–water partition coefficient (Wildman–Crippen LogP) is -0.493. The SMILES string of the molecule is CNCCC[C@@H]1NC(=O)[C@@H](NC)Cc2cc(ccc2O)-c2ccc(O)c(c2)C[C@@H](C(=O)NCC[C@@H](CO)NC)NC1=O. The van der Waals surface area contributed by atoms with Gasteiger partial charge < -0.3 is 47.2 Å². The van der Waals surface area contributed by atoms with Crippen LogP contribution in [0.2, 0.25) is 0 Å². The van der Waals surface area contributed by atoms with Crippen molar-refractivity contribution < 1.29 is 29.7 Å². The van der Waals surface area contributed by atoms with E-state index in [2.05, 4.69) is 31.9 Å². The van der Waals surface area contributed by atoms with Gasteiger partial charge in [-0.3, -0.25) is 14.4 Å². The number of aliphatic hydroxyl groups is 1. The summed E-state index contributed by atoms with van der Waals surface area (Å²) in [4.78, 5) is 40.3. The van der Waals surface area contributed by atoms with Crippen molar-refractivity contribution in [2.24, 2.45) is 0 Å². The summed E-state index contributed by atoms with van der Waals surface area (Å²) in [5.41, 5.74) is 2.48. The number of carbonyl (C=O) groups is 3. The van der Waals surface area contributed by atoms with Crippen LogP contribution in [0.25, 0.3) is 11.1 Å². The number of carbonyl (C=O) groups excluding carboxylic acids is 3. The van der Waals surface area contributed by atoms with Gasteiger partial charge in [0.05, 0.1) is 12.6 Å². The summed E-state index contributed by atoms with van der Waals surface area (Å²) in [5.74, 6) is -1.38. The van der Waals surface area contributed by atoms with Crippen LogP contribution in [0.3, 0.4) is 0 Å². The third-order valence-electron chi connectivity index (χ3n) is 7.61. The van der Waals surface area contributed by atoms with Crippen LogP contribution in [0.1, 0.15) is 30.4 Å². The zero-order chi connectivity index (χ0) is 30.6. The molecule has 1 heterocycles. The third kappa shape index (κ3) is 8.89. The smallest absolute Gasteiger partial charge is 0.243 e. The highest BCUT2D eigenvalue weighted by Crippen LogP contribution is 2.31. The van der Waals surface area contributed by atoms with Gasteiger partial charge >= 0.3 is 0 Å². The van der Waals surface area contributed by atoms with Crippen molar-refractivity contribution in [2.45, 2.75) is 56.3 Å². The first-order valence-electron chi connectivity index (χ1n) is 14.3. The van der Waals surface area contributed by atoms with E-state index in [1.807, 2.05) is 0 Å². The largest absolute Gasteiger partial charge is 0.508 e. The molecule has 0 saturated heterocycles. The second kappa shape index (κ2) is 16.1. The molecule has 0 saturated carbocycles. The molecule has 3 rings (SSSR count). The molecule has 9 N–H and O–H groups in total. The summed E-state index contributed by atoms with van der Waals surface area (Å²) in [6.45, 7) is 0.789. The number of hydrogen-bond donors (Lipinski definition) is 9. The van der Waals surface area contributed by atoms with Gasteiger partial charge in [0.1, 0.15) is 23.6 Å². The molecule has 4 atom stereocenters. The summed E-state index contributed by atoms with van der Waals surface area (Å²) in [6, 6.07) is 7.20. The number of rotatable bonds is 11. The Balaban J connectivity index is 2.02. The molecule has 1 aliphatic rings. The highest BCUT2D eigenvalue weighted by atomic mass is 16.3. The van der Waals surface area contributed by atoms with Crippen LogP contribution in [0.15, 0.2) is 36.4 Å². The van der Waals surface area contributed by atoms with Crippen molar-refractivity contribution in [2.75, 3.05) is 40.8 Å². The number of fused-ring (bicyclic) bond motifs is 5. The van der Waals surface area contributed by atoms with Crippen molar-refractivity contribution in [3.63, 3.8) is 0 Å². The summed E-state index contributed by atoms with van der Waals surface area (Å²) < 4.78 is 0. The zero-order valence-corrected chi connectivity index (χ0v) is 24.5. The highest BCUT2D eigenvalue weighted by molar-refractivity contribution is 5.93. The number of amides is 3. The van der Waals surface area contributed by atoms with Crippen molar-refractivity contribution >= 4 is 17.7 Å². The van der Waals surface area contributed by atoms with Crippen LogP contribution in [0.5, 0.6) is 11.5 Å². The predicted molar refractivity (Wildman–Crippen MR) is 160 cm³/mol. The molecule has 0 unspecified atom stereocenters. The minimum absolute atomic E-state index is 0.00599. The van der Waals surface area contributed by atoms with Crippen LogP contribution < -0.4 is 31.9 Å². The maximum Gasteiger partial charge on any atom is 0.243 e. The number of aliphatic hydroxyl groups excluding tert-OH is 1. The van der Waals surface area contributed by atoms with Gasteiger partial charge in [0.2, 0.25) is 17.7 Å². The Kier molecular flexibility index (Phi) is 12.5. The normalized spacial score (nSPS) is 20.0. The van der Waals surface area contributed by atoms with Crippen LogP contribution in [0.4, 0.5) is 0 Å². The van der Waals surface area contributed by atoms with E-state index >= 15 is 0 Å². The first-order valence-corrected chi connectivity index (χ1v) is 14.3. The summed E-state index contributed by atoms with van der Waals surface area (Å²) in [6.07, 6.45) is 1.55. The lowest BCUT2D eigenvalue weighted by atomic mass is 9.95. The second-order valence-electron chi connectivity index (χ2n) is 10.6. The molecule has 0 radical (unpaired) electrons. The van der Waals surface area contributed by atoms with E-state index in [0.29, 0.717) is 36.9 Å². The Morgan fingerprint density at radius 3 is 2.14 bits per heavy atom. The molecular formula is C30H44N6O6. The van der Waals surface area contributed by atoms with Gasteiger partial charge in [0.25, 0.3) is 0 Å². The fraction of sp³-hybridized carbons (Fsp3) is 0.500. The number of phenols is 2. The molecule has 0 spiro atoms. The van der Waals surface area contributed by atoms with Crippen LogP contribution in [-0.4, -0.2) is 98.0 Å². The Morgan fingerprint density at radius 1 is 0.929 bits per heavy atom. The molecule has 3 amide bonds. The lowest BCUT2D eigenvalue weighted by Crippen LogP contribution is -2.57. The van der Waals surface area contributed by atoms with E-state index in [4.69, 9.17) is 0 Å². The lowest BCUT2D eigenvalue weighted by molar-refractivity contribution is -0.132. The van der Waals surface area contributed by atoms with Crippen molar-refractivity contribution in [1.82, 2.24) is 31.9 Å². The van der Waals surface area contributed by atoms with Crippen LogP contribution in [0, 0.1) is 0 Å². The minimum Gasteiger partial charge on any atom is -0.508 e. The Bertz CT molecular complexity index is 1220. The number of benzene rings is 2. The highest BCUT2D eigenvalue weighted by Gasteiger charge is 2.30. The summed E-state index contributed by atoms with van der Waals surface area (Å²) in [7, 11) is 5.15. The first kappa shape index (κ1) is 32.8. The molecule has 12 heteroatoms. The van der Waals surface area contributed by atoms with Crippen molar-refractivity contribution in [3.8, 4) is 22.6 Å². The van der Waals surface area contributed by atoms with Crippen molar-refractivity contribution in [3.05, 3.63) is 47.5 Å². The molecule has 0 aliphatic carbocycles. The van der Waals surface area contributed by atoms with E-state index < -0.39 is 35.8 Å². The topological polar surface area (TPSA) is 184 Å². The van der Waals surface area contributed by atoms with Gasteiger partial charge in [-0.2, -0.15) is 0 Å². The summed E-state index contributed by atoms with van der Waals surface area (Å²) in [5, 5.41) is 48.2. The summed E-state index contributed by atoms with van der Waals surface area (Å²) >= 11 is 0. The molecule has 4 bridgehead atoms. The molecule has 0 fully saturated rings. The zero-order valence-electron chi connectivity index (χ0n) is 24.5. The quantitative estimate of drug-likeness (QED) is 0.157. The Hall–Kier alpha value is -3.71. The lowest BCUT2D eigenvalue weighted by Gasteiger charge is -2.25. The van der Waals surface area contributed by atoms with E-state index in [9.17, 15) is 29.7 Å². The van der Waals surface area contributed by atoms with Gasteiger partial charge in [0.15, 0.2) is 0 Å². The molecular weight excluding hydrogens is 540 g/mol. The monoisotopic (exact) mass is 584 g/mol. The van der Waals surface area contributed by atoms with Gasteiger partial charge in [-0.05, 0) is 93.5 Å². The fourth-order valence-corrected chi connectivity index (χ4v) is 4.95. The average Bonchev–Trinajstić information content (AvgIpc) is 2.98. The Labute approximate surface area is 246 Å². The van der Waals surface area contributed by atoms with Gasteiger partial charge in [0, 0.05) is 25.4 Å². The molecule has 1 aliphatic heterocycles. The minimum atomic E-state index is -1.05. The Morgan fingerprint density at radius 2 is 1.57 bits per heavy atom. The molecule has 12 nitrogen and oxygen atoms in total. The van der Waals surface area contributed by atoms with E-state index in [1.54, 1.807) is 51.5 Å². The molecule has 230 valence electrons. The second-order valence-corrected chi connectivity index (χ2v) is 10.6.